The minimum atomic E-state index is 0.180. The second kappa shape index (κ2) is 7.54. The van der Waals surface area contributed by atoms with Crippen molar-refractivity contribution in [2.24, 2.45) is 5.73 Å². The van der Waals surface area contributed by atoms with Gasteiger partial charge in [0.05, 0.1) is 0 Å². The standard InChI is InChI=1S/C14H21BrN2O/c1-11(12-4-6-13(15)7-5-12)10-14(18)17(2)9-3-8-16/h4-7,11H,3,8-10,16H2,1-2H3. The van der Waals surface area contributed by atoms with Gasteiger partial charge < -0.3 is 10.6 Å². The molecule has 18 heavy (non-hydrogen) atoms. The van der Waals surface area contributed by atoms with Crippen molar-refractivity contribution in [2.45, 2.75) is 25.7 Å². The Bertz CT molecular complexity index is 378. The average molecular weight is 313 g/mol. The monoisotopic (exact) mass is 312 g/mol. The van der Waals surface area contributed by atoms with E-state index in [1.165, 1.54) is 5.56 Å². The third kappa shape index (κ3) is 4.78. The number of hydrogen-bond donors (Lipinski definition) is 1. The lowest BCUT2D eigenvalue weighted by atomic mass is 9.97. The first-order valence-corrected chi connectivity index (χ1v) is 7.03. The van der Waals surface area contributed by atoms with Gasteiger partial charge in [-0.15, -0.1) is 0 Å². The van der Waals surface area contributed by atoms with Crippen molar-refractivity contribution < 1.29 is 4.79 Å². The van der Waals surface area contributed by atoms with E-state index in [9.17, 15) is 4.79 Å². The topological polar surface area (TPSA) is 46.3 Å². The summed E-state index contributed by atoms with van der Waals surface area (Å²) in [7, 11) is 1.84. The molecule has 1 aromatic carbocycles. The van der Waals surface area contributed by atoms with E-state index in [2.05, 4.69) is 35.0 Å². The van der Waals surface area contributed by atoms with Gasteiger partial charge in [0.25, 0.3) is 0 Å². The normalized spacial score (nSPS) is 12.2. The first-order valence-electron chi connectivity index (χ1n) is 6.24. The fourth-order valence-corrected chi connectivity index (χ4v) is 2.04. The minimum Gasteiger partial charge on any atom is -0.346 e. The van der Waals surface area contributed by atoms with Gasteiger partial charge in [0.1, 0.15) is 0 Å². The largest absolute Gasteiger partial charge is 0.346 e. The Morgan fingerprint density at radius 1 is 1.39 bits per heavy atom. The summed E-state index contributed by atoms with van der Waals surface area (Å²) in [6.45, 7) is 3.44. The summed E-state index contributed by atoms with van der Waals surface area (Å²) >= 11 is 3.41. The number of amides is 1. The smallest absolute Gasteiger partial charge is 0.222 e. The summed E-state index contributed by atoms with van der Waals surface area (Å²) in [6.07, 6.45) is 1.40. The minimum absolute atomic E-state index is 0.180. The number of benzene rings is 1. The molecule has 1 amide bonds. The second-order valence-corrected chi connectivity index (χ2v) is 5.53. The van der Waals surface area contributed by atoms with E-state index in [0.29, 0.717) is 13.0 Å². The highest BCUT2D eigenvalue weighted by molar-refractivity contribution is 9.10. The Kier molecular flexibility index (Phi) is 6.36. The maximum atomic E-state index is 12.0. The molecular weight excluding hydrogens is 292 g/mol. The van der Waals surface area contributed by atoms with E-state index >= 15 is 0 Å². The van der Waals surface area contributed by atoms with Crippen molar-refractivity contribution in [3.63, 3.8) is 0 Å². The Morgan fingerprint density at radius 2 is 2.00 bits per heavy atom. The van der Waals surface area contributed by atoms with E-state index in [1.54, 1.807) is 4.90 Å². The van der Waals surface area contributed by atoms with Gasteiger partial charge in [0, 0.05) is 24.5 Å². The molecule has 1 unspecified atom stereocenters. The summed E-state index contributed by atoms with van der Waals surface area (Å²) in [5.74, 6) is 0.421. The van der Waals surface area contributed by atoms with Crippen molar-refractivity contribution in [3.8, 4) is 0 Å². The molecule has 1 rings (SSSR count). The Morgan fingerprint density at radius 3 is 2.56 bits per heavy atom. The van der Waals surface area contributed by atoms with Crippen LogP contribution in [0.1, 0.15) is 31.2 Å². The number of carbonyl (C=O) groups is 1. The maximum absolute atomic E-state index is 12.0. The molecule has 0 aliphatic rings. The van der Waals surface area contributed by atoms with E-state index in [4.69, 9.17) is 5.73 Å². The third-order valence-corrected chi connectivity index (χ3v) is 3.57. The van der Waals surface area contributed by atoms with Crippen LogP contribution in [0.2, 0.25) is 0 Å². The highest BCUT2D eigenvalue weighted by Gasteiger charge is 2.14. The van der Waals surface area contributed by atoms with Crippen LogP contribution in [-0.2, 0) is 4.79 Å². The quantitative estimate of drug-likeness (QED) is 0.878. The zero-order valence-corrected chi connectivity index (χ0v) is 12.6. The third-order valence-electron chi connectivity index (χ3n) is 3.04. The van der Waals surface area contributed by atoms with Crippen LogP contribution in [0.15, 0.2) is 28.7 Å². The Hall–Kier alpha value is -0.870. The first-order chi connectivity index (χ1) is 8.54. The van der Waals surface area contributed by atoms with Crippen LogP contribution < -0.4 is 5.73 Å². The molecule has 0 aromatic heterocycles. The maximum Gasteiger partial charge on any atom is 0.222 e. The zero-order chi connectivity index (χ0) is 13.5. The van der Waals surface area contributed by atoms with Gasteiger partial charge in [0.15, 0.2) is 0 Å². The highest BCUT2D eigenvalue weighted by atomic mass is 79.9. The van der Waals surface area contributed by atoms with E-state index in [1.807, 2.05) is 19.2 Å². The number of nitrogens with two attached hydrogens (primary N) is 1. The summed E-state index contributed by atoms with van der Waals surface area (Å²) < 4.78 is 1.06. The van der Waals surface area contributed by atoms with Crippen molar-refractivity contribution >= 4 is 21.8 Å². The van der Waals surface area contributed by atoms with E-state index in [-0.39, 0.29) is 11.8 Å². The average Bonchev–Trinajstić information content (AvgIpc) is 2.36. The molecule has 0 saturated carbocycles. The fourth-order valence-electron chi connectivity index (χ4n) is 1.78. The van der Waals surface area contributed by atoms with Crippen LogP contribution in [0.5, 0.6) is 0 Å². The number of nitrogens with zero attached hydrogens (tertiary/aromatic N) is 1. The molecule has 0 spiro atoms. The molecule has 1 atom stereocenters. The van der Waals surface area contributed by atoms with Crippen LogP contribution in [0.25, 0.3) is 0 Å². The van der Waals surface area contributed by atoms with E-state index < -0.39 is 0 Å². The zero-order valence-electron chi connectivity index (χ0n) is 11.0. The van der Waals surface area contributed by atoms with Crippen molar-refractivity contribution in [1.29, 1.82) is 0 Å². The van der Waals surface area contributed by atoms with Crippen molar-refractivity contribution in [2.75, 3.05) is 20.1 Å². The Balaban J connectivity index is 2.51. The molecule has 3 nitrogen and oxygen atoms in total. The lowest BCUT2D eigenvalue weighted by molar-refractivity contribution is -0.130. The molecule has 4 heteroatoms. The fraction of sp³-hybridized carbons (Fsp3) is 0.500. The summed E-state index contributed by atoms with van der Waals surface area (Å²) in [5, 5.41) is 0. The molecule has 1 aromatic rings. The second-order valence-electron chi connectivity index (χ2n) is 4.61. The molecule has 0 saturated heterocycles. The number of rotatable bonds is 6. The van der Waals surface area contributed by atoms with Crippen molar-refractivity contribution in [3.05, 3.63) is 34.3 Å². The lowest BCUT2D eigenvalue weighted by Crippen LogP contribution is -2.29. The van der Waals surface area contributed by atoms with Crippen LogP contribution in [0, 0.1) is 0 Å². The van der Waals surface area contributed by atoms with Gasteiger partial charge >= 0.3 is 0 Å². The Labute approximate surface area is 117 Å². The van der Waals surface area contributed by atoms with Gasteiger partial charge in [-0.3, -0.25) is 4.79 Å². The molecule has 0 heterocycles. The molecule has 0 aliphatic carbocycles. The molecule has 0 bridgehead atoms. The molecule has 100 valence electrons. The summed E-state index contributed by atoms with van der Waals surface area (Å²) in [5.41, 5.74) is 6.63. The molecule has 0 fully saturated rings. The molecule has 0 aliphatic heterocycles. The molecule has 0 radical (unpaired) electrons. The van der Waals surface area contributed by atoms with Crippen LogP contribution in [0.4, 0.5) is 0 Å². The van der Waals surface area contributed by atoms with Crippen molar-refractivity contribution in [1.82, 2.24) is 4.90 Å². The summed E-state index contributed by atoms with van der Waals surface area (Å²) in [6, 6.07) is 8.13. The van der Waals surface area contributed by atoms with Gasteiger partial charge in [-0.05, 0) is 36.6 Å². The number of halogens is 1. The van der Waals surface area contributed by atoms with Crippen LogP contribution >= 0.6 is 15.9 Å². The van der Waals surface area contributed by atoms with Gasteiger partial charge in [-0.2, -0.15) is 0 Å². The highest BCUT2D eigenvalue weighted by Crippen LogP contribution is 2.21. The van der Waals surface area contributed by atoms with Gasteiger partial charge in [-0.25, -0.2) is 0 Å². The predicted molar refractivity (Wildman–Crippen MR) is 78.5 cm³/mol. The first kappa shape index (κ1) is 15.2. The van der Waals surface area contributed by atoms with Gasteiger partial charge in [0.2, 0.25) is 5.91 Å². The van der Waals surface area contributed by atoms with Gasteiger partial charge in [-0.1, -0.05) is 35.0 Å². The molecular formula is C14H21BrN2O. The summed E-state index contributed by atoms with van der Waals surface area (Å²) in [4.78, 5) is 13.7. The number of hydrogen-bond acceptors (Lipinski definition) is 2. The molecule has 2 N–H and O–H groups in total. The SMILES string of the molecule is CC(CC(=O)N(C)CCCN)c1ccc(Br)cc1. The van der Waals surface area contributed by atoms with Crippen LogP contribution in [-0.4, -0.2) is 30.9 Å². The van der Waals surface area contributed by atoms with E-state index in [0.717, 1.165) is 17.4 Å². The van der Waals surface area contributed by atoms with Crippen LogP contribution in [0.3, 0.4) is 0 Å². The lowest BCUT2D eigenvalue weighted by Gasteiger charge is -2.19. The predicted octanol–water partition coefficient (Wildman–Crippen LogP) is 2.75. The number of carbonyl (C=O) groups excluding carboxylic acids is 1.